The molecule has 4 aromatic rings. The molecule has 1 saturated heterocycles. The van der Waals surface area contributed by atoms with Crippen molar-refractivity contribution in [3.8, 4) is 0 Å². The van der Waals surface area contributed by atoms with Crippen LogP contribution in [0.2, 0.25) is 0 Å². The maximum atomic E-state index is 13.9. The van der Waals surface area contributed by atoms with Gasteiger partial charge in [0, 0.05) is 18.3 Å². The molecule has 5 rings (SSSR count). The molecular formula is C36H45N6O10PS2. The summed E-state index contributed by atoms with van der Waals surface area (Å²) in [6.45, 7) is 9.05. The molecule has 0 saturated carbocycles. The van der Waals surface area contributed by atoms with E-state index in [9.17, 15) is 32.2 Å². The Hall–Kier alpha value is -4.48. The minimum absolute atomic E-state index is 0.0101. The van der Waals surface area contributed by atoms with E-state index in [4.69, 9.17) is 13.8 Å². The van der Waals surface area contributed by atoms with E-state index in [1.165, 1.54) is 6.20 Å². The first-order valence-corrected chi connectivity index (χ1v) is 21.5. The first-order chi connectivity index (χ1) is 25.7. The highest BCUT2D eigenvalue weighted by molar-refractivity contribution is 7.91. The van der Waals surface area contributed by atoms with Crippen LogP contribution in [-0.2, 0) is 57.5 Å². The van der Waals surface area contributed by atoms with Crippen LogP contribution in [0.15, 0.2) is 69.9 Å². The predicted molar refractivity (Wildman–Crippen MR) is 206 cm³/mol. The van der Waals surface area contributed by atoms with Crippen LogP contribution in [0.25, 0.3) is 10.2 Å². The number of aromatic nitrogens is 3. The Balaban J connectivity index is 1.32. The van der Waals surface area contributed by atoms with E-state index < -0.39 is 65.5 Å². The second kappa shape index (κ2) is 16.7. The number of fused-ring (bicyclic) bond motifs is 1. The Morgan fingerprint density at radius 3 is 2.22 bits per heavy atom. The number of carbonyl (C=O) groups excluding carboxylic acids is 3. The number of hydrogen-bond acceptors (Lipinski definition) is 13. The fraction of sp³-hybridized carbons (Fsp3) is 0.444. The molecule has 1 fully saturated rings. The molecule has 3 amide bonds. The Morgan fingerprint density at radius 1 is 0.927 bits per heavy atom. The zero-order chi connectivity index (χ0) is 40.2. The minimum Gasteiger partial charge on any atom is -0.444 e. The molecule has 0 unspecified atom stereocenters. The van der Waals surface area contributed by atoms with Crippen LogP contribution in [0.1, 0.15) is 59.1 Å². The van der Waals surface area contributed by atoms with Gasteiger partial charge < -0.3 is 18.7 Å². The summed E-state index contributed by atoms with van der Waals surface area (Å²) < 4.78 is 59.9. The number of sulfonamides is 1. The number of hydrogen-bond donors (Lipinski definition) is 1. The molecule has 2 aromatic carbocycles. The summed E-state index contributed by atoms with van der Waals surface area (Å²) in [5, 5.41) is 2.51. The summed E-state index contributed by atoms with van der Waals surface area (Å²) in [6.07, 6.45) is 0.812. The average Bonchev–Trinajstić information content (AvgIpc) is 3.53. The van der Waals surface area contributed by atoms with Gasteiger partial charge in [-0.2, -0.15) is 13.4 Å². The van der Waals surface area contributed by atoms with Gasteiger partial charge >= 0.3 is 19.4 Å². The maximum absolute atomic E-state index is 13.9. The second-order valence-corrected chi connectivity index (χ2v) is 19.9. The lowest BCUT2D eigenvalue weighted by molar-refractivity contribution is -0.142. The minimum atomic E-state index is -4.26. The predicted octanol–water partition coefficient (Wildman–Crippen LogP) is 5.42. The maximum Gasteiger partial charge on any atom is 0.413 e. The molecule has 1 aliphatic rings. The molecule has 2 aromatic heterocycles. The van der Waals surface area contributed by atoms with Gasteiger partial charge in [0.25, 0.3) is 15.9 Å². The highest BCUT2D eigenvalue weighted by atomic mass is 32.2. The van der Waals surface area contributed by atoms with Gasteiger partial charge in [-0.05, 0) is 72.1 Å². The fourth-order valence-electron chi connectivity index (χ4n) is 5.63. The van der Waals surface area contributed by atoms with Crippen LogP contribution in [0.4, 0.5) is 10.6 Å². The van der Waals surface area contributed by atoms with Crippen molar-refractivity contribution in [2.75, 3.05) is 31.1 Å². The van der Waals surface area contributed by atoms with Crippen molar-refractivity contribution >= 4 is 62.9 Å². The number of rotatable bonds is 13. The van der Waals surface area contributed by atoms with Crippen molar-refractivity contribution in [2.24, 2.45) is 0 Å². The summed E-state index contributed by atoms with van der Waals surface area (Å²) in [6, 6.07) is 15.9. The smallest absolute Gasteiger partial charge is 0.413 e. The molecule has 55 heavy (non-hydrogen) atoms. The summed E-state index contributed by atoms with van der Waals surface area (Å²) in [5.41, 5.74) is -0.889. The number of para-hydroxylation sites is 1. The molecule has 0 radical (unpaired) electrons. The van der Waals surface area contributed by atoms with Gasteiger partial charge in [-0.15, -0.1) is 11.3 Å². The first-order valence-electron chi connectivity index (χ1n) is 17.5. The SMILES string of the molecule is CC(C)(C)OP(=O)(CCCc1cn(CC(=O)N2CCN(S(=O)(=O)c3nc4ccccc4s3)C(=O)C2)c(=O)nc1NC(=O)OCc1ccccc1)OC(C)(C)C. The van der Waals surface area contributed by atoms with Gasteiger partial charge in [0.2, 0.25) is 10.2 Å². The van der Waals surface area contributed by atoms with Crippen molar-refractivity contribution in [1.29, 1.82) is 0 Å². The summed E-state index contributed by atoms with van der Waals surface area (Å²) in [7, 11) is -7.91. The normalized spacial score (nSPS) is 14.3. The van der Waals surface area contributed by atoms with Crippen molar-refractivity contribution < 1.29 is 41.2 Å². The van der Waals surface area contributed by atoms with E-state index in [-0.39, 0.29) is 48.9 Å². The lowest BCUT2D eigenvalue weighted by Gasteiger charge is -2.33. The van der Waals surface area contributed by atoms with E-state index in [0.717, 1.165) is 26.4 Å². The number of amides is 3. The standard InChI is InChI=1S/C36H45N6O10PS2/c1-35(2,3)51-53(47,52-36(4,5)6)20-12-15-26-21-41(32(45)38-31(26)39-33(46)50-24-25-13-8-7-9-14-25)22-29(43)40-18-19-42(30(44)23-40)55(48,49)34-37-27-16-10-11-17-28(27)54-34/h7-11,13-14,16-17,21H,12,15,18-20,22-24H2,1-6H3,(H,38,39,45,46). The molecule has 0 atom stereocenters. The van der Waals surface area contributed by atoms with Crippen LogP contribution in [-0.4, -0.2) is 87.1 Å². The highest BCUT2D eigenvalue weighted by Crippen LogP contribution is 2.55. The van der Waals surface area contributed by atoms with Gasteiger partial charge in [0.05, 0.1) is 34.1 Å². The van der Waals surface area contributed by atoms with E-state index in [0.29, 0.717) is 20.1 Å². The monoisotopic (exact) mass is 816 g/mol. The van der Waals surface area contributed by atoms with E-state index >= 15 is 0 Å². The lowest BCUT2D eigenvalue weighted by atomic mass is 10.2. The molecule has 0 spiro atoms. The molecular weight excluding hydrogens is 772 g/mol. The van der Waals surface area contributed by atoms with Crippen molar-refractivity contribution in [3.63, 3.8) is 0 Å². The number of nitrogens with zero attached hydrogens (tertiary/aromatic N) is 5. The third kappa shape index (κ3) is 11.3. The number of benzene rings is 2. The molecule has 1 aliphatic heterocycles. The topological polar surface area (TPSA) is 196 Å². The zero-order valence-electron chi connectivity index (χ0n) is 31.5. The van der Waals surface area contributed by atoms with Gasteiger partial charge in [-0.3, -0.25) is 24.0 Å². The average molecular weight is 817 g/mol. The molecule has 0 bridgehead atoms. The quantitative estimate of drug-likeness (QED) is 0.169. The van der Waals surface area contributed by atoms with Gasteiger partial charge in [0.1, 0.15) is 25.5 Å². The lowest BCUT2D eigenvalue weighted by Crippen LogP contribution is -2.54. The van der Waals surface area contributed by atoms with E-state index in [1.807, 2.05) is 6.07 Å². The van der Waals surface area contributed by atoms with Crippen LogP contribution in [0, 0.1) is 0 Å². The fourth-order valence-corrected chi connectivity index (χ4v) is 10.8. The number of nitrogens with one attached hydrogen (secondary N) is 1. The number of piperazine rings is 1. The van der Waals surface area contributed by atoms with Gasteiger partial charge in [-0.25, -0.2) is 18.9 Å². The Labute approximate surface area is 323 Å². The van der Waals surface area contributed by atoms with Crippen LogP contribution in [0.3, 0.4) is 0 Å². The molecule has 296 valence electrons. The molecule has 16 nitrogen and oxygen atoms in total. The zero-order valence-corrected chi connectivity index (χ0v) is 34.0. The number of aryl methyl sites for hydroxylation is 1. The van der Waals surface area contributed by atoms with E-state index in [1.54, 1.807) is 90.1 Å². The molecule has 3 heterocycles. The third-order valence-corrected chi connectivity index (χ3v) is 13.6. The van der Waals surface area contributed by atoms with Crippen LogP contribution >= 0.6 is 18.9 Å². The first kappa shape index (κ1) is 41.7. The van der Waals surface area contributed by atoms with Crippen molar-refractivity contribution in [2.45, 2.75) is 83.1 Å². The molecule has 0 aliphatic carbocycles. The number of anilines is 1. The van der Waals surface area contributed by atoms with Crippen molar-refractivity contribution in [3.05, 3.63) is 82.4 Å². The van der Waals surface area contributed by atoms with Gasteiger partial charge in [0.15, 0.2) is 0 Å². The Bertz CT molecular complexity index is 2210. The third-order valence-electron chi connectivity index (χ3n) is 7.83. The summed E-state index contributed by atoms with van der Waals surface area (Å²) in [4.78, 5) is 62.0. The van der Waals surface area contributed by atoms with Crippen LogP contribution in [0.5, 0.6) is 0 Å². The molecule has 1 N–H and O–H groups in total. The van der Waals surface area contributed by atoms with Crippen molar-refractivity contribution in [1.82, 2.24) is 23.7 Å². The van der Waals surface area contributed by atoms with Crippen LogP contribution < -0.4 is 11.0 Å². The van der Waals surface area contributed by atoms with Gasteiger partial charge in [-0.1, -0.05) is 42.5 Å². The number of carbonyl (C=O) groups is 3. The Kier molecular flexibility index (Phi) is 12.7. The largest absolute Gasteiger partial charge is 0.444 e. The highest BCUT2D eigenvalue weighted by Gasteiger charge is 2.38. The summed E-state index contributed by atoms with van der Waals surface area (Å²) >= 11 is 0.947. The second-order valence-electron chi connectivity index (χ2n) is 14.8. The number of ether oxygens (including phenoxy) is 1. The van der Waals surface area contributed by atoms with E-state index in [2.05, 4.69) is 15.3 Å². The summed E-state index contributed by atoms with van der Waals surface area (Å²) in [5.74, 6) is -1.57. The number of thiazole rings is 1. The molecule has 19 heteroatoms. The Morgan fingerprint density at radius 2 is 1.58 bits per heavy atom.